The second-order valence-electron chi connectivity index (χ2n) is 17.1. The molecule has 0 spiro atoms. The molecule has 2 saturated heterocycles. The molecule has 2 unspecified atom stereocenters. The summed E-state index contributed by atoms with van der Waals surface area (Å²) in [7, 11) is 0. The molecule has 2 aliphatic carbocycles. The van der Waals surface area contributed by atoms with Gasteiger partial charge in [-0.2, -0.15) is 0 Å². The minimum Gasteiger partial charge on any atom is -0.363 e. The number of nitrogens with zero attached hydrogens (tertiary/aromatic N) is 2. The van der Waals surface area contributed by atoms with Crippen LogP contribution in [0.5, 0.6) is 0 Å². The van der Waals surface area contributed by atoms with E-state index in [4.69, 9.17) is 5.73 Å². The highest BCUT2D eigenvalue weighted by atomic mass is 16.2. The van der Waals surface area contributed by atoms with Crippen LogP contribution < -0.4 is 27.0 Å². The lowest BCUT2D eigenvalue weighted by molar-refractivity contribution is -0.141. The average molecular weight is 660 g/mol. The smallest absolute Gasteiger partial charge is 0.315 e. The molecule has 4 rings (SSSR count). The Kier molecular flexibility index (Phi) is 11.7. The standard InChI is InChI=1S/C35H61N7O5/c1-33(2,3)27(20-41-15-14-38-34(4,5)21-41)40-32(47)37-18-28(43)42-19-24(35(6,7)23-12-9-13-23)17-26(42)31(46)39-25(29(44)30(36)45)16-22-10-8-11-22/h22-27,38H,8-21H2,1-7H3,(H2,36,45)(H,39,46)(H2,37,40,47)/t24?,25?,26-,27+/m0/s1. The Bertz CT molecular complexity index is 1170. The molecule has 2 saturated carbocycles. The van der Waals surface area contributed by atoms with Gasteiger partial charge in [-0.15, -0.1) is 0 Å². The van der Waals surface area contributed by atoms with Crippen molar-refractivity contribution >= 4 is 29.5 Å². The SMILES string of the molecule is CC1(C)CN(C[C@@H](NC(=O)NCC(=O)N2CC(C(C)(C)C3CCC3)C[C@H]2C(=O)NC(CC2CCC2)C(=O)C(N)=O)C(C)(C)C)CCN1. The largest absolute Gasteiger partial charge is 0.363 e. The van der Waals surface area contributed by atoms with Gasteiger partial charge in [0, 0.05) is 44.3 Å². The highest BCUT2D eigenvalue weighted by molar-refractivity contribution is 6.37. The molecule has 2 heterocycles. The summed E-state index contributed by atoms with van der Waals surface area (Å²) in [6, 6.07) is -2.38. The number of nitrogens with one attached hydrogen (secondary N) is 4. The van der Waals surface area contributed by atoms with Crippen LogP contribution in [0.15, 0.2) is 0 Å². The topological polar surface area (TPSA) is 166 Å². The fourth-order valence-corrected chi connectivity index (χ4v) is 7.78. The summed E-state index contributed by atoms with van der Waals surface area (Å²) < 4.78 is 0. The molecule has 0 aromatic carbocycles. The second kappa shape index (κ2) is 14.8. The van der Waals surface area contributed by atoms with E-state index in [0.29, 0.717) is 31.8 Å². The minimum atomic E-state index is -1.07. The van der Waals surface area contributed by atoms with Gasteiger partial charge in [-0.1, -0.05) is 60.3 Å². The van der Waals surface area contributed by atoms with Gasteiger partial charge in [0.15, 0.2) is 0 Å². The zero-order valence-corrected chi connectivity index (χ0v) is 29.9. The Labute approximate surface area is 281 Å². The van der Waals surface area contributed by atoms with E-state index in [-0.39, 0.29) is 46.7 Å². The number of Topliss-reactive ketones (excluding diaryl/α,β-unsaturated/α-hetero) is 1. The Hall–Kier alpha value is -2.73. The van der Waals surface area contributed by atoms with Crippen LogP contribution in [0.2, 0.25) is 0 Å². The molecule has 12 nitrogen and oxygen atoms in total. The van der Waals surface area contributed by atoms with Gasteiger partial charge >= 0.3 is 6.03 Å². The third kappa shape index (κ3) is 9.46. The number of amides is 5. The van der Waals surface area contributed by atoms with Crippen LogP contribution in [-0.2, 0) is 19.2 Å². The number of likely N-dealkylation sites (tertiary alicyclic amines) is 1. The molecule has 47 heavy (non-hydrogen) atoms. The number of urea groups is 1. The number of piperazine rings is 1. The second-order valence-corrected chi connectivity index (χ2v) is 17.1. The predicted molar refractivity (Wildman–Crippen MR) is 181 cm³/mol. The Morgan fingerprint density at radius 3 is 2.15 bits per heavy atom. The van der Waals surface area contributed by atoms with Crippen molar-refractivity contribution in [3.05, 3.63) is 0 Å². The van der Waals surface area contributed by atoms with Crippen LogP contribution in [0, 0.1) is 28.6 Å². The fourth-order valence-electron chi connectivity index (χ4n) is 7.78. The molecule has 4 fully saturated rings. The first-order valence-electron chi connectivity index (χ1n) is 17.8. The van der Waals surface area contributed by atoms with Crippen LogP contribution in [0.1, 0.15) is 99.8 Å². The molecule has 6 N–H and O–H groups in total. The summed E-state index contributed by atoms with van der Waals surface area (Å²) in [6.07, 6.45) is 7.23. The van der Waals surface area contributed by atoms with Crippen LogP contribution in [-0.4, -0.2) is 102 Å². The molecule has 12 heteroatoms. The lowest BCUT2D eigenvalue weighted by atomic mass is 9.61. The summed E-state index contributed by atoms with van der Waals surface area (Å²) >= 11 is 0. The Balaban J connectivity index is 1.42. The summed E-state index contributed by atoms with van der Waals surface area (Å²) in [4.78, 5) is 69.3. The van der Waals surface area contributed by atoms with Gasteiger partial charge in [0.25, 0.3) is 5.91 Å². The van der Waals surface area contributed by atoms with E-state index in [9.17, 15) is 24.0 Å². The first-order valence-corrected chi connectivity index (χ1v) is 17.8. The lowest BCUT2D eigenvalue weighted by Gasteiger charge is -2.44. The minimum absolute atomic E-state index is 0.0106. The predicted octanol–water partition coefficient (Wildman–Crippen LogP) is 2.16. The molecule has 2 aliphatic heterocycles. The maximum atomic E-state index is 13.8. The molecule has 0 aromatic rings. The maximum absolute atomic E-state index is 13.8. The molecule has 266 valence electrons. The molecule has 0 bridgehead atoms. The van der Waals surface area contributed by atoms with Crippen molar-refractivity contribution < 1.29 is 24.0 Å². The lowest BCUT2D eigenvalue weighted by Crippen LogP contribution is -2.61. The van der Waals surface area contributed by atoms with E-state index in [1.807, 2.05) is 0 Å². The number of hydrogen-bond donors (Lipinski definition) is 5. The number of carbonyl (C=O) groups is 5. The quantitative estimate of drug-likeness (QED) is 0.189. The van der Waals surface area contributed by atoms with Gasteiger partial charge in [0.05, 0.1) is 12.6 Å². The first-order chi connectivity index (χ1) is 21.9. The van der Waals surface area contributed by atoms with Crippen LogP contribution in [0.25, 0.3) is 0 Å². The van der Waals surface area contributed by atoms with Gasteiger partial charge in [-0.05, 0) is 68.1 Å². The first kappa shape index (κ1) is 37.1. The van der Waals surface area contributed by atoms with Crippen molar-refractivity contribution in [2.75, 3.05) is 39.3 Å². The van der Waals surface area contributed by atoms with Gasteiger partial charge < -0.3 is 31.9 Å². The van der Waals surface area contributed by atoms with E-state index >= 15 is 0 Å². The number of primary amides is 1. The van der Waals surface area contributed by atoms with Crippen molar-refractivity contribution in [3.8, 4) is 0 Å². The van der Waals surface area contributed by atoms with Crippen LogP contribution in [0.4, 0.5) is 4.79 Å². The molecular weight excluding hydrogens is 598 g/mol. The van der Waals surface area contributed by atoms with E-state index < -0.39 is 35.7 Å². The monoisotopic (exact) mass is 659 g/mol. The van der Waals surface area contributed by atoms with Crippen molar-refractivity contribution in [2.24, 2.45) is 34.3 Å². The maximum Gasteiger partial charge on any atom is 0.315 e. The van der Waals surface area contributed by atoms with E-state index in [2.05, 4.69) is 74.6 Å². The van der Waals surface area contributed by atoms with Gasteiger partial charge in [-0.3, -0.25) is 24.1 Å². The number of ketones is 1. The molecule has 0 aromatic heterocycles. The average Bonchev–Trinajstić information content (AvgIpc) is 3.37. The van der Waals surface area contributed by atoms with Gasteiger partial charge in [0.2, 0.25) is 17.6 Å². The van der Waals surface area contributed by atoms with Gasteiger partial charge in [0.1, 0.15) is 6.04 Å². The molecule has 5 amide bonds. The highest BCUT2D eigenvalue weighted by Gasteiger charge is 2.49. The van der Waals surface area contributed by atoms with Crippen molar-refractivity contribution in [2.45, 2.75) is 123 Å². The summed E-state index contributed by atoms with van der Waals surface area (Å²) in [5, 5.41) is 12.2. The van der Waals surface area contributed by atoms with Crippen molar-refractivity contribution in [3.63, 3.8) is 0 Å². The van der Waals surface area contributed by atoms with E-state index in [1.54, 1.807) is 4.90 Å². The summed E-state index contributed by atoms with van der Waals surface area (Å²) in [6.45, 7) is 18.5. The number of rotatable bonds is 13. The zero-order chi connectivity index (χ0) is 34.7. The molecular formula is C35H61N7O5. The summed E-state index contributed by atoms with van der Waals surface area (Å²) in [5.41, 5.74) is 5.04. The normalized spacial score (nSPS) is 25.2. The van der Waals surface area contributed by atoms with Crippen molar-refractivity contribution in [1.82, 2.24) is 31.1 Å². The zero-order valence-electron chi connectivity index (χ0n) is 29.9. The Morgan fingerprint density at radius 1 is 0.957 bits per heavy atom. The van der Waals surface area contributed by atoms with Gasteiger partial charge in [-0.25, -0.2) is 4.79 Å². The number of carbonyl (C=O) groups excluding carboxylic acids is 5. The third-order valence-electron chi connectivity index (χ3n) is 11.6. The van der Waals surface area contributed by atoms with Crippen LogP contribution in [0.3, 0.4) is 0 Å². The highest BCUT2D eigenvalue weighted by Crippen LogP contribution is 2.50. The van der Waals surface area contributed by atoms with Crippen molar-refractivity contribution in [1.29, 1.82) is 0 Å². The molecule has 4 atom stereocenters. The third-order valence-corrected chi connectivity index (χ3v) is 11.6. The summed E-state index contributed by atoms with van der Waals surface area (Å²) in [5.74, 6) is -1.81. The Morgan fingerprint density at radius 2 is 1.62 bits per heavy atom. The fraction of sp³-hybridized carbons (Fsp3) is 0.857. The van der Waals surface area contributed by atoms with E-state index in [0.717, 1.165) is 51.7 Å². The molecule has 0 radical (unpaired) electrons. The number of nitrogens with two attached hydrogens (primary N) is 1. The number of hydrogen-bond acceptors (Lipinski definition) is 7. The van der Waals surface area contributed by atoms with Crippen LogP contribution >= 0.6 is 0 Å². The molecule has 4 aliphatic rings. The van der Waals surface area contributed by atoms with E-state index in [1.165, 1.54) is 6.42 Å².